The van der Waals surface area contributed by atoms with Crippen LogP contribution in [0.5, 0.6) is 0 Å². The van der Waals surface area contributed by atoms with Crippen LogP contribution in [0.1, 0.15) is 94.9 Å². The van der Waals surface area contributed by atoms with E-state index in [1.807, 2.05) is 0 Å². The Balaban J connectivity index is 1.15. The van der Waals surface area contributed by atoms with Crippen molar-refractivity contribution >= 4 is 27.8 Å². The number of fused-ring (bicyclic) bond motifs is 5. The Morgan fingerprint density at radius 3 is 1.87 bits per heavy atom. The maximum absolute atomic E-state index is 2.67. The molecule has 264 valence electrons. The molecule has 6 aromatic carbocycles. The summed E-state index contributed by atoms with van der Waals surface area (Å²) in [6.45, 7) is 9.83. The van der Waals surface area contributed by atoms with Crippen molar-refractivity contribution in [3.05, 3.63) is 150 Å². The van der Waals surface area contributed by atoms with Gasteiger partial charge in [0.15, 0.2) is 0 Å². The van der Waals surface area contributed by atoms with Crippen molar-refractivity contribution in [2.75, 3.05) is 4.90 Å². The van der Waals surface area contributed by atoms with E-state index in [-0.39, 0.29) is 16.2 Å². The molecule has 6 aliphatic rings. The Labute approximate surface area is 316 Å². The van der Waals surface area contributed by atoms with Gasteiger partial charge in [0.2, 0.25) is 0 Å². The van der Waals surface area contributed by atoms with Gasteiger partial charge < -0.3 is 4.90 Å². The Morgan fingerprint density at radius 2 is 1.09 bits per heavy atom. The fourth-order valence-electron chi connectivity index (χ4n) is 12.8. The summed E-state index contributed by atoms with van der Waals surface area (Å²) in [6, 6.07) is 49.4. The Hall–Kier alpha value is -4.62. The van der Waals surface area contributed by atoms with Gasteiger partial charge in [-0.3, -0.25) is 0 Å². The maximum atomic E-state index is 2.67. The van der Waals surface area contributed by atoms with E-state index in [1.54, 1.807) is 11.1 Å². The summed E-state index contributed by atoms with van der Waals surface area (Å²) in [4.78, 5) is 2.67. The predicted molar refractivity (Wildman–Crippen MR) is 223 cm³/mol. The normalized spacial score (nSPS) is 26.7. The van der Waals surface area contributed by atoms with E-state index in [0.717, 1.165) is 11.8 Å². The molecular weight excluding hydrogens is 639 g/mol. The molecule has 0 amide bonds. The van der Waals surface area contributed by atoms with Gasteiger partial charge in [-0.2, -0.15) is 0 Å². The molecule has 1 nitrogen and oxygen atoms in total. The summed E-state index contributed by atoms with van der Waals surface area (Å²) in [5, 5.41) is 2.59. The molecule has 0 saturated heterocycles. The van der Waals surface area contributed by atoms with Crippen molar-refractivity contribution in [2.45, 2.75) is 88.9 Å². The molecule has 53 heavy (non-hydrogen) atoms. The quantitative estimate of drug-likeness (QED) is 0.178. The lowest BCUT2D eigenvalue weighted by Gasteiger charge is -2.61. The van der Waals surface area contributed by atoms with Crippen molar-refractivity contribution in [3.8, 4) is 22.3 Å². The Morgan fingerprint density at radius 1 is 0.491 bits per heavy atom. The average Bonchev–Trinajstić information content (AvgIpc) is 3.47. The van der Waals surface area contributed by atoms with Crippen molar-refractivity contribution in [2.24, 2.45) is 23.7 Å². The molecule has 6 aromatic rings. The van der Waals surface area contributed by atoms with Gasteiger partial charge in [-0.05, 0) is 165 Å². The monoisotopic (exact) mass is 689 g/mol. The third kappa shape index (κ3) is 4.49. The van der Waals surface area contributed by atoms with Crippen LogP contribution in [0.2, 0.25) is 0 Å². The molecule has 12 rings (SSSR count). The van der Waals surface area contributed by atoms with Crippen LogP contribution in [-0.4, -0.2) is 0 Å². The molecule has 1 spiro atoms. The zero-order valence-corrected chi connectivity index (χ0v) is 31.8. The second-order valence-corrected chi connectivity index (χ2v) is 18.8. The topological polar surface area (TPSA) is 3.24 Å². The lowest BCUT2D eigenvalue weighted by molar-refractivity contribution is -0.0397. The van der Waals surface area contributed by atoms with Crippen molar-refractivity contribution in [1.82, 2.24) is 0 Å². The first-order valence-electron chi connectivity index (χ1n) is 20.5. The van der Waals surface area contributed by atoms with Crippen molar-refractivity contribution < 1.29 is 0 Å². The lowest BCUT2D eigenvalue weighted by atomic mass is 9.43. The molecule has 1 heteroatoms. The first-order valence-corrected chi connectivity index (χ1v) is 20.5. The smallest absolute Gasteiger partial charge is 0.0509 e. The first-order chi connectivity index (χ1) is 25.7. The van der Waals surface area contributed by atoms with Gasteiger partial charge in [-0.15, -0.1) is 0 Å². The van der Waals surface area contributed by atoms with Gasteiger partial charge in [0.05, 0.1) is 5.69 Å². The van der Waals surface area contributed by atoms with E-state index >= 15 is 0 Å². The minimum atomic E-state index is 0.0759. The molecule has 4 saturated carbocycles. The average molecular weight is 690 g/mol. The van der Waals surface area contributed by atoms with E-state index in [9.17, 15) is 0 Å². The Bertz CT molecular complexity index is 2390. The number of nitrogens with zero attached hydrogens (tertiary/aromatic N) is 1. The highest BCUT2D eigenvalue weighted by molar-refractivity contribution is 5.97. The molecule has 0 radical (unpaired) electrons. The van der Waals surface area contributed by atoms with Crippen LogP contribution in [0.4, 0.5) is 17.1 Å². The number of rotatable bonds is 4. The van der Waals surface area contributed by atoms with E-state index in [4.69, 9.17) is 0 Å². The predicted octanol–water partition coefficient (Wildman–Crippen LogP) is 14.0. The largest absolute Gasteiger partial charge is 0.310 e. The fourth-order valence-corrected chi connectivity index (χ4v) is 12.8. The molecular formula is C52H51N. The molecule has 4 fully saturated rings. The third-order valence-corrected chi connectivity index (χ3v) is 15.1. The number of hydrogen-bond acceptors (Lipinski definition) is 1. The highest BCUT2D eigenvalue weighted by Crippen LogP contribution is 2.71. The molecule has 0 heterocycles. The third-order valence-electron chi connectivity index (χ3n) is 15.1. The van der Waals surface area contributed by atoms with Gasteiger partial charge in [0, 0.05) is 16.8 Å². The molecule has 4 bridgehead atoms. The van der Waals surface area contributed by atoms with Crippen LogP contribution in [0.15, 0.2) is 127 Å². The van der Waals surface area contributed by atoms with Gasteiger partial charge in [0.25, 0.3) is 0 Å². The summed E-state index contributed by atoms with van der Waals surface area (Å²) in [6.07, 6.45) is 9.45. The number of hydrogen-bond donors (Lipinski definition) is 0. The highest BCUT2D eigenvalue weighted by atomic mass is 15.1. The standard InChI is InChI=1S/C52H51N/c1-50(2)25-26-51(3,4)47-32-40(23-24-46(47)50)53(39-21-19-36(20-22-39)42-15-9-12-35-11-5-6-13-41(35)42)48-18-10-16-44-43-14-7-8-17-45(43)52(49(44)48)37-28-33-27-34(30-37)31-38(52)29-33/h5-24,32-34,37-38H,25-31H2,1-4H3. The second-order valence-electron chi connectivity index (χ2n) is 18.8. The maximum Gasteiger partial charge on any atom is 0.0509 e. The summed E-state index contributed by atoms with van der Waals surface area (Å²) in [5.41, 5.74) is 16.1. The fraction of sp³-hybridized carbons (Fsp3) is 0.346. The number of anilines is 3. The van der Waals surface area contributed by atoms with Gasteiger partial charge >= 0.3 is 0 Å². The SMILES string of the molecule is CC1(C)CCC(C)(C)c2cc(N(c3ccc(-c4cccc5ccccc45)cc3)c3cccc4c3C3(c5ccccc5-4)C4CC5CC(C4)CC3C5)ccc21. The molecule has 0 N–H and O–H groups in total. The van der Waals surface area contributed by atoms with E-state index < -0.39 is 0 Å². The van der Waals surface area contributed by atoms with Gasteiger partial charge in [-0.25, -0.2) is 0 Å². The van der Waals surface area contributed by atoms with E-state index in [1.165, 1.54) is 106 Å². The van der Waals surface area contributed by atoms with Crippen molar-refractivity contribution in [1.29, 1.82) is 0 Å². The first kappa shape index (κ1) is 31.9. The van der Waals surface area contributed by atoms with Crippen LogP contribution in [0.25, 0.3) is 33.0 Å². The van der Waals surface area contributed by atoms with Crippen LogP contribution < -0.4 is 4.90 Å². The van der Waals surface area contributed by atoms with E-state index in [2.05, 4.69) is 160 Å². The lowest BCUT2D eigenvalue weighted by Crippen LogP contribution is -2.55. The van der Waals surface area contributed by atoms with Gasteiger partial charge in [-0.1, -0.05) is 125 Å². The molecule has 0 unspecified atom stereocenters. The zero-order valence-electron chi connectivity index (χ0n) is 31.8. The van der Waals surface area contributed by atoms with Crippen LogP contribution in [0.3, 0.4) is 0 Å². The van der Waals surface area contributed by atoms with Crippen LogP contribution in [-0.2, 0) is 16.2 Å². The van der Waals surface area contributed by atoms with Gasteiger partial charge in [0.1, 0.15) is 0 Å². The summed E-state index contributed by atoms with van der Waals surface area (Å²) in [5.74, 6) is 3.24. The van der Waals surface area contributed by atoms with Crippen molar-refractivity contribution in [3.63, 3.8) is 0 Å². The van der Waals surface area contributed by atoms with Crippen LogP contribution >= 0.6 is 0 Å². The molecule has 0 atom stereocenters. The minimum Gasteiger partial charge on any atom is -0.310 e. The number of benzene rings is 6. The summed E-state index contributed by atoms with van der Waals surface area (Å²) in [7, 11) is 0. The van der Waals surface area contributed by atoms with E-state index in [0.29, 0.717) is 11.8 Å². The summed E-state index contributed by atoms with van der Waals surface area (Å²) >= 11 is 0. The molecule has 0 aromatic heterocycles. The molecule has 0 aliphatic heterocycles. The highest BCUT2D eigenvalue weighted by Gasteiger charge is 2.62. The Kier molecular flexibility index (Phi) is 6.74. The zero-order chi connectivity index (χ0) is 35.7. The minimum absolute atomic E-state index is 0.0759. The van der Waals surface area contributed by atoms with Crippen LogP contribution in [0, 0.1) is 23.7 Å². The summed E-state index contributed by atoms with van der Waals surface area (Å²) < 4.78 is 0. The molecule has 6 aliphatic carbocycles. The second kappa shape index (κ2) is 11.2.